The minimum absolute atomic E-state index is 0.157. The number of hydrogen-bond acceptors (Lipinski definition) is 1. The summed E-state index contributed by atoms with van der Waals surface area (Å²) in [6.07, 6.45) is 2.09. The zero-order valence-corrected chi connectivity index (χ0v) is 6.83. The van der Waals surface area contributed by atoms with Gasteiger partial charge in [-0.3, -0.25) is 0 Å². The number of rotatable bonds is 4. The molecule has 1 rings (SSSR count). The summed E-state index contributed by atoms with van der Waals surface area (Å²) >= 11 is 0. The molecule has 0 fully saturated rings. The number of benzene rings is 1. The summed E-state index contributed by atoms with van der Waals surface area (Å²) in [6.45, 7) is 1.11. The van der Waals surface area contributed by atoms with E-state index in [0.29, 0.717) is 12.8 Å². The second-order valence-corrected chi connectivity index (χ2v) is 2.67. The first-order valence-corrected chi connectivity index (χ1v) is 4.04. The third kappa shape index (κ3) is 2.62. The fraction of sp³-hybridized carbons (Fsp3) is 0.300. The van der Waals surface area contributed by atoms with Gasteiger partial charge in [-0.05, 0) is 30.9 Å². The van der Waals surface area contributed by atoms with E-state index >= 15 is 0 Å². The molecule has 0 amide bonds. The molecule has 1 radical (unpaired) electrons. The minimum atomic E-state index is -0.157. The number of halogens is 1. The number of aliphatic hydroxyl groups is 1. The highest BCUT2D eigenvalue weighted by Gasteiger charge is 1.98. The first kappa shape index (κ1) is 9.20. The Morgan fingerprint density at radius 3 is 2.75 bits per heavy atom. The van der Waals surface area contributed by atoms with E-state index in [1.807, 2.05) is 6.07 Å². The predicted molar refractivity (Wildman–Crippen MR) is 45.6 cm³/mol. The lowest BCUT2D eigenvalue weighted by Crippen LogP contribution is -1.90. The van der Waals surface area contributed by atoms with Gasteiger partial charge in [-0.15, -0.1) is 0 Å². The van der Waals surface area contributed by atoms with Gasteiger partial charge in [0.15, 0.2) is 0 Å². The highest BCUT2D eigenvalue weighted by atomic mass is 19.1. The molecule has 0 aliphatic heterocycles. The molecule has 0 atom stereocenters. The average molecular weight is 167 g/mol. The summed E-state index contributed by atoms with van der Waals surface area (Å²) in [6, 6.07) is 6.72. The maximum Gasteiger partial charge on any atom is 0.126 e. The van der Waals surface area contributed by atoms with Crippen molar-refractivity contribution in [3.8, 4) is 0 Å². The van der Waals surface area contributed by atoms with Crippen molar-refractivity contribution in [2.75, 3.05) is 0 Å². The van der Waals surface area contributed by atoms with Crippen LogP contribution in [0.15, 0.2) is 24.3 Å². The topological polar surface area (TPSA) is 20.2 Å². The molecule has 0 saturated heterocycles. The van der Waals surface area contributed by atoms with Crippen molar-refractivity contribution in [2.45, 2.75) is 19.3 Å². The first-order valence-electron chi connectivity index (χ1n) is 4.04. The maximum atomic E-state index is 12.9. The van der Waals surface area contributed by atoms with Crippen molar-refractivity contribution < 1.29 is 9.50 Å². The van der Waals surface area contributed by atoms with E-state index < -0.39 is 0 Å². The van der Waals surface area contributed by atoms with Crippen LogP contribution < -0.4 is 0 Å². The van der Waals surface area contributed by atoms with E-state index in [1.54, 1.807) is 12.1 Å². The Labute approximate surface area is 71.9 Å². The normalized spacial score (nSPS) is 10.2. The van der Waals surface area contributed by atoms with E-state index in [1.165, 1.54) is 6.07 Å². The molecule has 1 nitrogen and oxygen atoms in total. The Bertz CT molecular complexity index is 235. The van der Waals surface area contributed by atoms with E-state index in [4.69, 9.17) is 5.11 Å². The summed E-state index contributed by atoms with van der Waals surface area (Å²) in [7, 11) is 0. The molecular formula is C10H12FO. The van der Waals surface area contributed by atoms with Gasteiger partial charge < -0.3 is 5.11 Å². The summed E-state index contributed by atoms with van der Waals surface area (Å²) in [5.74, 6) is -0.157. The van der Waals surface area contributed by atoms with Crippen LogP contribution in [-0.4, -0.2) is 5.11 Å². The van der Waals surface area contributed by atoms with Gasteiger partial charge in [-0.2, -0.15) is 0 Å². The molecule has 0 unspecified atom stereocenters. The van der Waals surface area contributed by atoms with Crippen molar-refractivity contribution in [3.63, 3.8) is 0 Å². The van der Waals surface area contributed by atoms with E-state index in [2.05, 4.69) is 0 Å². The Hall–Kier alpha value is -0.890. The summed E-state index contributed by atoms with van der Waals surface area (Å²) in [5.41, 5.74) is 0.722. The fourth-order valence-electron chi connectivity index (χ4n) is 1.08. The maximum absolute atomic E-state index is 12.9. The molecule has 65 valence electrons. The lowest BCUT2D eigenvalue weighted by molar-refractivity contribution is 0.370. The third-order valence-corrected chi connectivity index (χ3v) is 1.74. The lowest BCUT2D eigenvalue weighted by atomic mass is 10.1. The lowest BCUT2D eigenvalue weighted by Gasteiger charge is -2.00. The Balaban J connectivity index is 2.46. The molecule has 1 N–H and O–H groups in total. The summed E-state index contributed by atoms with van der Waals surface area (Å²) < 4.78 is 12.9. The van der Waals surface area contributed by atoms with Gasteiger partial charge >= 0.3 is 0 Å². The molecule has 0 saturated carbocycles. The second kappa shape index (κ2) is 4.88. The molecular weight excluding hydrogens is 155 g/mol. The van der Waals surface area contributed by atoms with Crippen LogP contribution in [0.25, 0.3) is 0 Å². The molecule has 12 heavy (non-hydrogen) atoms. The molecule has 0 spiro atoms. The summed E-state index contributed by atoms with van der Waals surface area (Å²) in [4.78, 5) is 0. The molecule has 1 aromatic rings. The van der Waals surface area contributed by atoms with Gasteiger partial charge in [-0.1, -0.05) is 18.2 Å². The van der Waals surface area contributed by atoms with Crippen LogP contribution in [0.3, 0.4) is 0 Å². The summed E-state index contributed by atoms with van der Waals surface area (Å²) in [5, 5.41) is 8.39. The van der Waals surface area contributed by atoms with Crippen LogP contribution in [-0.2, 0) is 6.42 Å². The molecule has 0 aliphatic rings. The van der Waals surface area contributed by atoms with Crippen LogP contribution in [0.2, 0.25) is 0 Å². The third-order valence-electron chi connectivity index (χ3n) is 1.74. The SMILES string of the molecule is O[CH]CCCc1ccccc1F. The highest BCUT2D eigenvalue weighted by Crippen LogP contribution is 2.09. The molecule has 0 aliphatic carbocycles. The van der Waals surface area contributed by atoms with Crippen LogP contribution >= 0.6 is 0 Å². The minimum Gasteiger partial charge on any atom is -0.390 e. The monoisotopic (exact) mass is 167 g/mol. The predicted octanol–water partition coefficient (Wildman–Crippen LogP) is 2.68. The van der Waals surface area contributed by atoms with Gasteiger partial charge in [0.25, 0.3) is 0 Å². The van der Waals surface area contributed by atoms with Gasteiger partial charge in [-0.25, -0.2) is 4.39 Å². The second-order valence-electron chi connectivity index (χ2n) is 2.67. The molecule has 1 aromatic carbocycles. The van der Waals surface area contributed by atoms with Crippen molar-refractivity contribution in [1.82, 2.24) is 0 Å². The van der Waals surface area contributed by atoms with E-state index in [0.717, 1.165) is 18.6 Å². The number of aryl methyl sites for hydroxylation is 1. The van der Waals surface area contributed by atoms with Gasteiger partial charge in [0.2, 0.25) is 0 Å². The number of unbranched alkanes of at least 4 members (excludes halogenated alkanes) is 1. The first-order chi connectivity index (χ1) is 5.84. The van der Waals surface area contributed by atoms with E-state index in [-0.39, 0.29) is 5.82 Å². The largest absolute Gasteiger partial charge is 0.390 e. The highest BCUT2D eigenvalue weighted by molar-refractivity contribution is 5.17. The van der Waals surface area contributed by atoms with Crippen molar-refractivity contribution >= 4 is 0 Å². The molecule has 0 bridgehead atoms. The van der Waals surface area contributed by atoms with Gasteiger partial charge in [0.1, 0.15) is 5.82 Å². The Morgan fingerprint density at radius 2 is 2.08 bits per heavy atom. The quantitative estimate of drug-likeness (QED) is 0.683. The average Bonchev–Trinajstić information content (AvgIpc) is 2.09. The standard InChI is InChI=1S/C10H12FO/c11-10-7-2-1-5-9(10)6-3-4-8-12/h1-2,5,7-8,12H,3-4,6H2. The van der Waals surface area contributed by atoms with Crippen molar-refractivity contribution in [1.29, 1.82) is 0 Å². The zero-order valence-electron chi connectivity index (χ0n) is 6.83. The smallest absolute Gasteiger partial charge is 0.126 e. The molecule has 2 heteroatoms. The van der Waals surface area contributed by atoms with Gasteiger partial charge in [0.05, 0.1) is 6.61 Å². The van der Waals surface area contributed by atoms with Crippen LogP contribution in [0.5, 0.6) is 0 Å². The van der Waals surface area contributed by atoms with Gasteiger partial charge in [0, 0.05) is 0 Å². The van der Waals surface area contributed by atoms with Crippen LogP contribution in [0.4, 0.5) is 4.39 Å². The van der Waals surface area contributed by atoms with E-state index in [9.17, 15) is 4.39 Å². The molecule has 0 aromatic heterocycles. The van der Waals surface area contributed by atoms with Crippen molar-refractivity contribution in [3.05, 3.63) is 42.3 Å². The van der Waals surface area contributed by atoms with Crippen LogP contribution in [0.1, 0.15) is 18.4 Å². The zero-order chi connectivity index (χ0) is 8.81. The Kier molecular flexibility index (Phi) is 3.74. The Morgan fingerprint density at radius 1 is 1.33 bits per heavy atom. The van der Waals surface area contributed by atoms with Crippen LogP contribution in [0, 0.1) is 12.4 Å². The molecule has 0 heterocycles. The fourth-order valence-corrected chi connectivity index (χ4v) is 1.08. The number of aliphatic hydroxyl groups excluding tert-OH is 1. The van der Waals surface area contributed by atoms with Crippen molar-refractivity contribution in [2.24, 2.45) is 0 Å². The number of hydrogen-bond donors (Lipinski definition) is 1.